The van der Waals surface area contributed by atoms with Crippen LogP contribution in [0.1, 0.15) is 68.5 Å². The van der Waals surface area contributed by atoms with E-state index in [1.165, 1.54) is 18.4 Å². The van der Waals surface area contributed by atoms with Gasteiger partial charge in [0.1, 0.15) is 4.93 Å². The monoisotopic (exact) mass is 343 g/mol. The molecule has 0 aliphatic carbocycles. The van der Waals surface area contributed by atoms with E-state index in [1.807, 2.05) is 44.3 Å². The molecule has 0 amide bonds. The summed E-state index contributed by atoms with van der Waals surface area (Å²) in [7, 11) is 0. The van der Waals surface area contributed by atoms with Crippen LogP contribution < -0.4 is 0 Å². The van der Waals surface area contributed by atoms with Gasteiger partial charge >= 0.3 is 0 Å². The van der Waals surface area contributed by atoms with Crippen molar-refractivity contribution in [3.63, 3.8) is 0 Å². The predicted molar refractivity (Wildman–Crippen MR) is 104 cm³/mol. The summed E-state index contributed by atoms with van der Waals surface area (Å²) in [6.07, 6.45) is 6.89. The molecule has 3 heteroatoms. The van der Waals surface area contributed by atoms with E-state index in [2.05, 4.69) is 30.1 Å². The zero-order chi connectivity index (χ0) is 17.4. The van der Waals surface area contributed by atoms with Gasteiger partial charge in [0.25, 0.3) is 0 Å². The summed E-state index contributed by atoms with van der Waals surface area (Å²) in [6.45, 7) is 6.22. The molecule has 0 bridgehead atoms. The highest BCUT2D eigenvalue weighted by Gasteiger charge is 2.42. The molecule has 0 saturated heterocycles. The molecular weight excluding hydrogens is 314 g/mol. The summed E-state index contributed by atoms with van der Waals surface area (Å²) in [6, 6.07) is 14.4. The molecular formula is C21H29NOS. The van der Waals surface area contributed by atoms with Gasteiger partial charge in [-0.1, -0.05) is 63.9 Å². The van der Waals surface area contributed by atoms with E-state index in [-0.39, 0.29) is 0 Å². The average Bonchev–Trinajstić information content (AvgIpc) is 2.94. The Balaban J connectivity index is 0.00000100. The van der Waals surface area contributed by atoms with Crippen molar-refractivity contribution in [1.82, 2.24) is 4.98 Å². The minimum atomic E-state index is -0.771. The first kappa shape index (κ1) is 19.0. The lowest BCUT2D eigenvalue weighted by atomic mass is 9.95. The third kappa shape index (κ3) is 4.40. The van der Waals surface area contributed by atoms with Crippen LogP contribution in [0.15, 0.2) is 48.7 Å². The standard InChI is InChI=1S/C19H23NOS.C2H6/c1-2-3-11-18-16-9-4-5-10-17(16)19(21,22-18)13-12-15-8-6-7-14-20-15;1-2/h4-10,14,18,21H,2-3,11-13H2,1H3;1-2H3. The Hall–Kier alpha value is -1.32. The Bertz CT molecular complexity index is 616. The summed E-state index contributed by atoms with van der Waals surface area (Å²) in [4.78, 5) is 3.60. The van der Waals surface area contributed by atoms with Gasteiger partial charge in [0.05, 0.1) is 0 Å². The van der Waals surface area contributed by atoms with Crippen molar-refractivity contribution in [3.8, 4) is 0 Å². The molecule has 1 aromatic carbocycles. The second kappa shape index (κ2) is 9.24. The molecule has 0 radical (unpaired) electrons. The van der Waals surface area contributed by atoms with E-state index in [4.69, 9.17) is 0 Å². The molecule has 0 saturated carbocycles. The molecule has 2 heterocycles. The van der Waals surface area contributed by atoms with Gasteiger partial charge in [-0.05, 0) is 42.5 Å². The fraction of sp³-hybridized carbons (Fsp3) is 0.476. The molecule has 130 valence electrons. The number of fused-ring (bicyclic) bond motifs is 1. The lowest BCUT2D eigenvalue weighted by Crippen LogP contribution is -2.19. The van der Waals surface area contributed by atoms with Crippen molar-refractivity contribution in [2.75, 3.05) is 0 Å². The van der Waals surface area contributed by atoms with Crippen LogP contribution in [-0.2, 0) is 11.4 Å². The van der Waals surface area contributed by atoms with Gasteiger partial charge in [0.2, 0.25) is 0 Å². The Morgan fingerprint density at radius 1 is 1.12 bits per heavy atom. The Labute approximate surface area is 150 Å². The summed E-state index contributed by atoms with van der Waals surface area (Å²) >= 11 is 1.73. The van der Waals surface area contributed by atoms with Gasteiger partial charge in [0.15, 0.2) is 0 Å². The minimum absolute atomic E-state index is 0.421. The van der Waals surface area contributed by atoms with Crippen LogP contribution >= 0.6 is 11.8 Å². The first-order valence-electron chi connectivity index (χ1n) is 9.12. The smallest absolute Gasteiger partial charge is 0.137 e. The second-order valence-corrected chi connectivity index (χ2v) is 7.42. The number of aromatic nitrogens is 1. The highest BCUT2D eigenvalue weighted by Crippen LogP contribution is 2.56. The summed E-state index contributed by atoms with van der Waals surface area (Å²) in [5.74, 6) is 0. The Kier molecular flexibility index (Phi) is 7.32. The molecule has 2 atom stereocenters. The molecule has 3 rings (SSSR count). The molecule has 2 nitrogen and oxygen atoms in total. The maximum absolute atomic E-state index is 11.2. The van der Waals surface area contributed by atoms with E-state index < -0.39 is 4.93 Å². The van der Waals surface area contributed by atoms with Crippen LogP contribution in [0.2, 0.25) is 0 Å². The van der Waals surface area contributed by atoms with Gasteiger partial charge < -0.3 is 5.11 Å². The molecule has 0 spiro atoms. The molecule has 1 aliphatic rings. The van der Waals surface area contributed by atoms with E-state index in [0.29, 0.717) is 11.7 Å². The van der Waals surface area contributed by atoms with Crippen molar-refractivity contribution in [2.45, 2.75) is 63.1 Å². The third-order valence-corrected chi connectivity index (χ3v) is 5.92. The lowest BCUT2D eigenvalue weighted by molar-refractivity contribution is 0.130. The molecule has 2 unspecified atom stereocenters. The number of benzene rings is 1. The normalized spacial score (nSPS) is 21.8. The maximum Gasteiger partial charge on any atom is 0.137 e. The van der Waals surface area contributed by atoms with E-state index >= 15 is 0 Å². The molecule has 1 N–H and O–H groups in total. The van der Waals surface area contributed by atoms with Crippen LogP contribution in [0.25, 0.3) is 0 Å². The number of hydrogen-bond donors (Lipinski definition) is 1. The van der Waals surface area contributed by atoms with E-state index in [9.17, 15) is 5.11 Å². The predicted octanol–water partition coefficient (Wildman–Crippen LogP) is 5.86. The van der Waals surface area contributed by atoms with Crippen molar-refractivity contribution in [3.05, 3.63) is 65.5 Å². The molecule has 0 fully saturated rings. The summed E-state index contributed by atoms with van der Waals surface area (Å²) in [5, 5.41) is 11.6. The number of thioether (sulfide) groups is 1. The first-order chi connectivity index (χ1) is 11.7. The van der Waals surface area contributed by atoms with Crippen LogP contribution in [-0.4, -0.2) is 10.1 Å². The molecule has 2 aromatic rings. The van der Waals surface area contributed by atoms with Crippen molar-refractivity contribution < 1.29 is 5.11 Å². The largest absolute Gasteiger partial charge is 0.375 e. The van der Waals surface area contributed by atoms with Gasteiger partial charge in [-0.2, -0.15) is 0 Å². The summed E-state index contributed by atoms with van der Waals surface area (Å²) in [5.41, 5.74) is 3.48. The third-order valence-electron chi connectivity index (χ3n) is 4.33. The molecule has 24 heavy (non-hydrogen) atoms. The maximum atomic E-state index is 11.2. The zero-order valence-corrected chi connectivity index (χ0v) is 15.9. The van der Waals surface area contributed by atoms with Gasteiger partial charge in [-0.25, -0.2) is 0 Å². The van der Waals surface area contributed by atoms with Crippen molar-refractivity contribution >= 4 is 11.8 Å². The zero-order valence-electron chi connectivity index (χ0n) is 15.0. The van der Waals surface area contributed by atoms with Crippen LogP contribution in [0.5, 0.6) is 0 Å². The van der Waals surface area contributed by atoms with Crippen LogP contribution in [0, 0.1) is 0 Å². The van der Waals surface area contributed by atoms with Crippen LogP contribution in [0.4, 0.5) is 0 Å². The first-order valence-corrected chi connectivity index (χ1v) is 10.0. The van der Waals surface area contributed by atoms with Crippen LogP contribution in [0.3, 0.4) is 0 Å². The SMILES string of the molecule is CC.CCCCC1SC(O)(CCc2ccccn2)c2ccccc21. The highest BCUT2D eigenvalue weighted by atomic mass is 32.2. The van der Waals surface area contributed by atoms with E-state index in [0.717, 1.165) is 24.1 Å². The highest BCUT2D eigenvalue weighted by molar-refractivity contribution is 8.00. The van der Waals surface area contributed by atoms with Gasteiger partial charge in [-0.15, -0.1) is 11.8 Å². The van der Waals surface area contributed by atoms with Gasteiger partial charge in [0, 0.05) is 17.1 Å². The number of nitrogens with zero attached hydrogens (tertiary/aromatic N) is 1. The number of unbranched alkanes of at least 4 members (excludes halogenated alkanes) is 1. The number of rotatable bonds is 6. The molecule has 1 aliphatic heterocycles. The minimum Gasteiger partial charge on any atom is -0.375 e. The number of hydrogen-bond acceptors (Lipinski definition) is 3. The number of aryl methyl sites for hydroxylation is 1. The topological polar surface area (TPSA) is 33.1 Å². The quantitative estimate of drug-likeness (QED) is 0.712. The summed E-state index contributed by atoms with van der Waals surface area (Å²) < 4.78 is 0. The lowest BCUT2D eigenvalue weighted by Gasteiger charge is -2.23. The second-order valence-electron chi connectivity index (χ2n) is 5.94. The Morgan fingerprint density at radius 3 is 2.58 bits per heavy atom. The average molecular weight is 344 g/mol. The Morgan fingerprint density at radius 2 is 1.88 bits per heavy atom. The fourth-order valence-corrected chi connectivity index (χ4v) is 4.76. The van der Waals surface area contributed by atoms with Crippen molar-refractivity contribution in [1.29, 1.82) is 0 Å². The fourth-order valence-electron chi connectivity index (χ4n) is 3.14. The van der Waals surface area contributed by atoms with E-state index in [1.54, 1.807) is 11.8 Å². The number of pyridine rings is 1. The van der Waals surface area contributed by atoms with Gasteiger partial charge in [-0.3, -0.25) is 4.98 Å². The number of aliphatic hydroxyl groups is 1. The molecule has 1 aromatic heterocycles. The van der Waals surface area contributed by atoms with Crippen molar-refractivity contribution in [2.24, 2.45) is 0 Å².